The van der Waals surface area contributed by atoms with E-state index in [4.69, 9.17) is 13.9 Å². The third kappa shape index (κ3) is 3.33. The van der Waals surface area contributed by atoms with E-state index in [0.717, 1.165) is 10.9 Å². The first-order chi connectivity index (χ1) is 13.6. The molecule has 0 aliphatic carbocycles. The Labute approximate surface area is 162 Å². The van der Waals surface area contributed by atoms with Gasteiger partial charge in [-0.3, -0.25) is 4.79 Å². The lowest BCUT2D eigenvalue weighted by molar-refractivity contribution is -0.131. The number of amides is 1. The number of furan rings is 1. The van der Waals surface area contributed by atoms with Crippen LogP contribution in [0, 0.1) is 0 Å². The first-order valence-electron chi connectivity index (χ1n) is 9.31. The van der Waals surface area contributed by atoms with Gasteiger partial charge in [0.05, 0.1) is 18.2 Å². The molecule has 2 heterocycles. The second kappa shape index (κ2) is 7.38. The Kier molecular flexibility index (Phi) is 4.77. The number of hydrogen-bond acceptors (Lipinski definition) is 5. The van der Waals surface area contributed by atoms with E-state index in [1.807, 2.05) is 50.2 Å². The molecule has 1 N–H and O–H groups in total. The number of rotatable bonds is 5. The highest BCUT2D eigenvalue weighted by atomic mass is 16.5. The van der Waals surface area contributed by atoms with Gasteiger partial charge in [0.25, 0.3) is 5.91 Å². The predicted molar refractivity (Wildman–Crippen MR) is 103 cm³/mol. The number of benzene rings is 2. The predicted octanol–water partition coefficient (Wildman–Crippen LogP) is 3.79. The van der Waals surface area contributed by atoms with Crippen molar-refractivity contribution < 1.29 is 23.5 Å². The molecule has 0 saturated heterocycles. The number of hydrogen-bond donors (Lipinski definition) is 1. The van der Waals surface area contributed by atoms with E-state index in [1.165, 1.54) is 0 Å². The third-order valence-corrected chi connectivity index (χ3v) is 4.80. The second-order valence-electron chi connectivity index (χ2n) is 6.74. The zero-order valence-corrected chi connectivity index (χ0v) is 15.7. The van der Waals surface area contributed by atoms with Crippen molar-refractivity contribution in [3.63, 3.8) is 0 Å². The SMILES string of the molecule is CCOc1cccc2cc(C(C)NC(=O)C3Cc4ccccc4C(=O)O3)oc12. The van der Waals surface area contributed by atoms with Crippen LogP contribution in [0.1, 0.15) is 41.6 Å². The average Bonchev–Trinajstić information content (AvgIpc) is 3.14. The normalized spacial score (nSPS) is 16.9. The van der Waals surface area contributed by atoms with Gasteiger partial charge < -0.3 is 19.2 Å². The Hall–Kier alpha value is -3.28. The van der Waals surface area contributed by atoms with Crippen LogP contribution in [0.5, 0.6) is 5.75 Å². The lowest BCUT2D eigenvalue weighted by atomic mass is 9.98. The van der Waals surface area contributed by atoms with Gasteiger partial charge in [0, 0.05) is 11.8 Å². The van der Waals surface area contributed by atoms with Crippen molar-refractivity contribution in [1.29, 1.82) is 0 Å². The summed E-state index contributed by atoms with van der Waals surface area (Å²) in [7, 11) is 0. The standard InChI is InChI=1S/C22H21NO5/c1-3-26-17-10-6-8-15-12-18(27-20(15)17)13(2)23-21(24)19-11-14-7-4-5-9-16(14)22(25)28-19/h4-10,12-13,19H,3,11H2,1-2H3,(H,23,24). The largest absolute Gasteiger partial charge is 0.490 e. The fourth-order valence-corrected chi connectivity index (χ4v) is 3.39. The van der Waals surface area contributed by atoms with Gasteiger partial charge in [-0.05, 0) is 37.6 Å². The summed E-state index contributed by atoms with van der Waals surface area (Å²) in [6.45, 7) is 4.28. The van der Waals surface area contributed by atoms with Crippen LogP contribution < -0.4 is 10.1 Å². The fraction of sp³-hybridized carbons (Fsp3) is 0.273. The number of carbonyl (C=O) groups excluding carboxylic acids is 2. The molecule has 1 aromatic heterocycles. The first-order valence-corrected chi connectivity index (χ1v) is 9.31. The van der Waals surface area contributed by atoms with Crippen molar-refractivity contribution in [2.75, 3.05) is 6.61 Å². The highest BCUT2D eigenvalue weighted by molar-refractivity contribution is 5.95. The molecule has 0 radical (unpaired) electrons. The van der Waals surface area contributed by atoms with Crippen LogP contribution in [0.4, 0.5) is 0 Å². The topological polar surface area (TPSA) is 77.8 Å². The van der Waals surface area contributed by atoms with E-state index in [9.17, 15) is 9.59 Å². The van der Waals surface area contributed by atoms with Gasteiger partial charge in [-0.15, -0.1) is 0 Å². The summed E-state index contributed by atoms with van der Waals surface area (Å²) < 4.78 is 16.8. The summed E-state index contributed by atoms with van der Waals surface area (Å²) in [5.74, 6) is 0.459. The van der Waals surface area contributed by atoms with Crippen molar-refractivity contribution in [3.8, 4) is 5.75 Å². The van der Waals surface area contributed by atoms with Gasteiger partial charge >= 0.3 is 5.97 Å². The van der Waals surface area contributed by atoms with Crippen LogP contribution in [0.2, 0.25) is 0 Å². The Morgan fingerprint density at radius 2 is 2.07 bits per heavy atom. The molecule has 2 aromatic carbocycles. The minimum absolute atomic E-state index is 0.346. The molecule has 2 unspecified atom stereocenters. The Morgan fingerprint density at radius 3 is 2.89 bits per heavy atom. The molecule has 0 spiro atoms. The minimum atomic E-state index is -0.854. The maximum atomic E-state index is 12.7. The van der Waals surface area contributed by atoms with Gasteiger partial charge in [0.1, 0.15) is 5.76 Å². The van der Waals surface area contributed by atoms with E-state index in [1.54, 1.807) is 12.1 Å². The molecule has 1 aliphatic rings. The number of cyclic esters (lactones) is 1. The van der Waals surface area contributed by atoms with Crippen molar-refractivity contribution in [2.45, 2.75) is 32.4 Å². The molecule has 1 aliphatic heterocycles. The molecule has 3 aromatic rings. The molecule has 28 heavy (non-hydrogen) atoms. The van der Waals surface area contributed by atoms with Crippen LogP contribution in [0.15, 0.2) is 52.9 Å². The maximum absolute atomic E-state index is 12.7. The van der Waals surface area contributed by atoms with Crippen molar-refractivity contribution in [1.82, 2.24) is 5.32 Å². The van der Waals surface area contributed by atoms with Gasteiger partial charge in [-0.2, -0.15) is 0 Å². The van der Waals surface area contributed by atoms with Gasteiger partial charge in [-0.1, -0.05) is 30.3 Å². The summed E-state index contributed by atoms with van der Waals surface area (Å²) >= 11 is 0. The molecular formula is C22H21NO5. The number of para-hydroxylation sites is 1. The first kappa shape index (κ1) is 18.1. The average molecular weight is 379 g/mol. The molecule has 6 nitrogen and oxygen atoms in total. The summed E-state index contributed by atoms with van der Waals surface area (Å²) in [6.07, 6.45) is -0.497. The van der Waals surface area contributed by atoms with Crippen molar-refractivity contribution in [2.24, 2.45) is 0 Å². The van der Waals surface area contributed by atoms with E-state index in [2.05, 4.69) is 5.32 Å². The quantitative estimate of drug-likeness (QED) is 0.683. The highest BCUT2D eigenvalue weighted by Gasteiger charge is 2.32. The molecule has 0 bridgehead atoms. The summed E-state index contributed by atoms with van der Waals surface area (Å²) in [4.78, 5) is 24.8. The van der Waals surface area contributed by atoms with Gasteiger partial charge in [0.2, 0.25) is 0 Å². The third-order valence-electron chi connectivity index (χ3n) is 4.80. The Bertz CT molecular complexity index is 1040. The maximum Gasteiger partial charge on any atom is 0.339 e. The Balaban J connectivity index is 1.50. The highest BCUT2D eigenvalue weighted by Crippen LogP contribution is 2.31. The van der Waals surface area contributed by atoms with E-state index >= 15 is 0 Å². The van der Waals surface area contributed by atoms with Crippen LogP contribution in [-0.2, 0) is 16.0 Å². The summed E-state index contributed by atoms with van der Waals surface area (Å²) in [6, 6.07) is 14.3. The van der Waals surface area contributed by atoms with E-state index < -0.39 is 12.1 Å². The number of carbonyl (C=O) groups is 2. The van der Waals surface area contributed by atoms with Gasteiger partial charge in [-0.25, -0.2) is 4.79 Å². The zero-order chi connectivity index (χ0) is 19.7. The minimum Gasteiger partial charge on any atom is -0.490 e. The lowest BCUT2D eigenvalue weighted by Crippen LogP contribution is -2.42. The van der Waals surface area contributed by atoms with Gasteiger partial charge in [0.15, 0.2) is 17.4 Å². The van der Waals surface area contributed by atoms with Crippen LogP contribution in [0.3, 0.4) is 0 Å². The molecular weight excluding hydrogens is 358 g/mol. The number of nitrogens with one attached hydrogen (secondary N) is 1. The van der Waals surface area contributed by atoms with Crippen molar-refractivity contribution >= 4 is 22.8 Å². The molecule has 0 fully saturated rings. The van der Waals surface area contributed by atoms with Crippen molar-refractivity contribution in [3.05, 3.63) is 65.4 Å². The van der Waals surface area contributed by atoms with Crippen LogP contribution in [0.25, 0.3) is 11.0 Å². The van der Waals surface area contributed by atoms with E-state index in [-0.39, 0.29) is 11.9 Å². The lowest BCUT2D eigenvalue weighted by Gasteiger charge is -2.24. The smallest absolute Gasteiger partial charge is 0.339 e. The number of ether oxygens (including phenoxy) is 2. The zero-order valence-electron chi connectivity index (χ0n) is 15.7. The van der Waals surface area contributed by atoms with Crippen LogP contribution >= 0.6 is 0 Å². The van der Waals surface area contributed by atoms with Crippen LogP contribution in [-0.4, -0.2) is 24.6 Å². The monoisotopic (exact) mass is 379 g/mol. The molecule has 0 saturated carbocycles. The fourth-order valence-electron chi connectivity index (χ4n) is 3.39. The molecule has 144 valence electrons. The summed E-state index contributed by atoms with van der Waals surface area (Å²) in [5.41, 5.74) is 1.98. The molecule has 6 heteroatoms. The Morgan fingerprint density at radius 1 is 1.25 bits per heavy atom. The molecule has 4 rings (SSSR count). The molecule has 1 amide bonds. The summed E-state index contributed by atoms with van der Waals surface area (Å²) in [5, 5.41) is 3.78. The second-order valence-corrected chi connectivity index (χ2v) is 6.74. The molecule has 2 atom stereocenters. The van der Waals surface area contributed by atoms with E-state index in [0.29, 0.717) is 35.7 Å². The number of esters is 1. The number of fused-ring (bicyclic) bond motifs is 2.